The van der Waals surface area contributed by atoms with Gasteiger partial charge in [-0.05, 0) is 0 Å². The molecule has 2 rings (SSSR count). The Morgan fingerprint density at radius 3 is 3.23 bits per heavy atom. The summed E-state index contributed by atoms with van der Waals surface area (Å²) in [5.74, 6) is 1.88. The minimum atomic E-state index is 0.659. The van der Waals surface area contributed by atoms with E-state index >= 15 is 0 Å². The minimum Gasteiger partial charge on any atom is -0.358 e. The number of aromatic nitrogens is 3. The molecule has 1 aliphatic heterocycles. The second kappa shape index (κ2) is 3.78. The molecule has 1 aliphatic rings. The van der Waals surface area contributed by atoms with Gasteiger partial charge in [0.25, 0.3) is 0 Å². The Labute approximate surface area is 80.6 Å². The van der Waals surface area contributed by atoms with Crippen LogP contribution >= 0.6 is 11.8 Å². The first-order valence-electron chi connectivity index (χ1n) is 4.10. The fourth-order valence-electron chi connectivity index (χ4n) is 1.06. The van der Waals surface area contributed by atoms with Crippen LogP contribution in [0.25, 0.3) is 0 Å². The van der Waals surface area contributed by atoms with Gasteiger partial charge in [-0.3, -0.25) is 9.67 Å². The molecular formula is C7H11N5S. The minimum absolute atomic E-state index is 0.659. The van der Waals surface area contributed by atoms with E-state index in [1.165, 1.54) is 0 Å². The monoisotopic (exact) mass is 197 g/mol. The van der Waals surface area contributed by atoms with Crippen molar-refractivity contribution in [2.75, 3.05) is 12.3 Å². The normalized spacial score (nSPS) is 15.9. The van der Waals surface area contributed by atoms with Gasteiger partial charge in [0.05, 0.1) is 13.1 Å². The van der Waals surface area contributed by atoms with E-state index in [1.807, 2.05) is 7.05 Å². The van der Waals surface area contributed by atoms with Crippen molar-refractivity contribution in [3.63, 3.8) is 0 Å². The molecule has 0 bridgehead atoms. The Hall–Kier alpha value is -1.04. The van der Waals surface area contributed by atoms with Crippen LogP contribution < -0.4 is 5.32 Å². The zero-order valence-corrected chi connectivity index (χ0v) is 8.21. The maximum Gasteiger partial charge on any atom is 0.169 e. The van der Waals surface area contributed by atoms with Crippen LogP contribution in [0.3, 0.4) is 0 Å². The number of aryl methyl sites for hydroxylation is 1. The van der Waals surface area contributed by atoms with Crippen molar-refractivity contribution < 1.29 is 0 Å². The third kappa shape index (κ3) is 2.21. The summed E-state index contributed by atoms with van der Waals surface area (Å²) in [5, 5.41) is 8.34. The number of aliphatic imine (C=N–C) groups is 1. The third-order valence-corrected chi connectivity index (χ3v) is 2.56. The fourth-order valence-corrected chi connectivity index (χ4v) is 1.79. The first kappa shape index (κ1) is 8.55. The number of amidine groups is 1. The predicted octanol–water partition coefficient (Wildman–Crippen LogP) is 0.00750. The summed E-state index contributed by atoms with van der Waals surface area (Å²) in [5.41, 5.74) is 0. The highest BCUT2D eigenvalue weighted by molar-refractivity contribution is 8.14. The van der Waals surface area contributed by atoms with Gasteiger partial charge in [0.15, 0.2) is 11.0 Å². The number of hydrogen-bond acceptors (Lipinski definition) is 5. The molecule has 0 spiro atoms. The van der Waals surface area contributed by atoms with Crippen molar-refractivity contribution >= 4 is 16.9 Å². The van der Waals surface area contributed by atoms with Crippen LogP contribution in [0.5, 0.6) is 0 Å². The van der Waals surface area contributed by atoms with E-state index in [4.69, 9.17) is 0 Å². The highest BCUT2D eigenvalue weighted by Gasteiger charge is 2.06. The molecule has 70 valence electrons. The van der Waals surface area contributed by atoms with Gasteiger partial charge in [-0.2, -0.15) is 5.10 Å². The molecule has 0 amide bonds. The van der Waals surface area contributed by atoms with Gasteiger partial charge in [0, 0.05) is 12.8 Å². The number of nitrogens with zero attached hydrogens (tertiary/aromatic N) is 4. The lowest BCUT2D eigenvalue weighted by molar-refractivity contribution is 0.730. The topological polar surface area (TPSA) is 55.1 Å². The predicted molar refractivity (Wildman–Crippen MR) is 52.6 cm³/mol. The van der Waals surface area contributed by atoms with Gasteiger partial charge in [-0.1, -0.05) is 11.8 Å². The molecule has 2 heterocycles. The van der Waals surface area contributed by atoms with Gasteiger partial charge in [0.2, 0.25) is 0 Å². The van der Waals surface area contributed by atoms with E-state index in [-0.39, 0.29) is 0 Å². The van der Waals surface area contributed by atoms with Crippen LogP contribution in [0.1, 0.15) is 5.82 Å². The molecule has 0 saturated heterocycles. The lowest BCUT2D eigenvalue weighted by atomic mass is 10.6. The Bertz CT molecular complexity index is 318. The summed E-state index contributed by atoms with van der Waals surface area (Å²) in [6, 6.07) is 0. The van der Waals surface area contributed by atoms with Crippen molar-refractivity contribution in [1.29, 1.82) is 0 Å². The smallest absolute Gasteiger partial charge is 0.169 e. The van der Waals surface area contributed by atoms with Crippen LogP contribution in [-0.2, 0) is 13.6 Å². The molecule has 0 saturated carbocycles. The molecule has 0 unspecified atom stereocenters. The molecule has 6 heteroatoms. The lowest BCUT2D eigenvalue weighted by Crippen LogP contribution is -2.19. The number of nitrogens with one attached hydrogen (secondary N) is 1. The van der Waals surface area contributed by atoms with Crippen molar-refractivity contribution in [2.45, 2.75) is 6.54 Å². The first-order valence-corrected chi connectivity index (χ1v) is 5.09. The Morgan fingerprint density at radius 2 is 2.62 bits per heavy atom. The summed E-state index contributed by atoms with van der Waals surface area (Å²) >= 11 is 1.74. The molecule has 0 radical (unpaired) electrons. The van der Waals surface area contributed by atoms with Gasteiger partial charge >= 0.3 is 0 Å². The molecule has 13 heavy (non-hydrogen) atoms. The Kier molecular flexibility index (Phi) is 2.49. The second-order valence-corrected chi connectivity index (χ2v) is 3.81. The SMILES string of the molecule is Cn1cnc(CNC2=NCCS2)n1. The van der Waals surface area contributed by atoms with Gasteiger partial charge in [-0.15, -0.1) is 0 Å². The van der Waals surface area contributed by atoms with Crippen LogP contribution in [0.4, 0.5) is 0 Å². The van der Waals surface area contributed by atoms with E-state index in [1.54, 1.807) is 22.8 Å². The third-order valence-electron chi connectivity index (χ3n) is 1.63. The molecule has 0 aliphatic carbocycles. The van der Waals surface area contributed by atoms with E-state index in [9.17, 15) is 0 Å². The maximum atomic E-state index is 4.26. The molecule has 1 aromatic rings. The van der Waals surface area contributed by atoms with E-state index in [0.717, 1.165) is 23.3 Å². The van der Waals surface area contributed by atoms with Crippen LogP contribution in [0.15, 0.2) is 11.3 Å². The molecule has 5 nitrogen and oxygen atoms in total. The van der Waals surface area contributed by atoms with Crippen molar-refractivity contribution in [3.8, 4) is 0 Å². The maximum absolute atomic E-state index is 4.26. The van der Waals surface area contributed by atoms with E-state index < -0.39 is 0 Å². The van der Waals surface area contributed by atoms with Gasteiger partial charge in [0.1, 0.15) is 6.33 Å². The lowest BCUT2D eigenvalue weighted by Gasteiger charge is -2.00. The van der Waals surface area contributed by atoms with Gasteiger partial charge in [-0.25, -0.2) is 4.98 Å². The number of rotatable bonds is 2. The zero-order valence-electron chi connectivity index (χ0n) is 7.40. The summed E-state index contributed by atoms with van der Waals surface area (Å²) in [6.07, 6.45) is 1.70. The van der Waals surface area contributed by atoms with E-state index in [0.29, 0.717) is 6.54 Å². The molecule has 0 fully saturated rings. The Balaban J connectivity index is 1.85. The summed E-state index contributed by atoms with van der Waals surface area (Å²) < 4.78 is 1.70. The first-order chi connectivity index (χ1) is 6.34. The average Bonchev–Trinajstić information content (AvgIpc) is 2.71. The quantitative estimate of drug-likeness (QED) is 0.725. The summed E-state index contributed by atoms with van der Waals surface area (Å²) in [6.45, 7) is 1.58. The van der Waals surface area contributed by atoms with Gasteiger partial charge < -0.3 is 5.32 Å². The van der Waals surface area contributed by atoms with Crippen LogP contribution in [0.2, 0.25) is 0 Å². The molecule has 1 aromatic heterocycles. The standard InChI is InChI=1S/C7H11N5S/c1-12-5-10-6(11-12)4-9-7-8-2-3-13-7/h5H,2-4H2,1H3,(H,8,9). The second-order valence-electron chi connectivity index (χ2n) is 2.72. The number of thioether (sulfide) groups is 1. The molecular weight excluding hydrogens is 186 g/mol. The molecule has 0 aromatic carbocycles. The number of hydrogen-bond donors (Lipinski definition) is 1. The van der Waals surface area contributed by atoms with Crippen molar-refractivity contribution in [3.05, 3.63) is 12.2 Å². The van der Waals surface area contributed by atoms with Crippen LogP contribution in [-0.4, -0.2) is 32.2 Å². The molecule has 0 atom stereocenters. The summed E-state index contributed by atoms with van der Waals surface area (Å²) in [7, 11) is 1.86. The fraction of sp³-hybridized carbons (Fsp3) is 0.571. The Morgan fingerprint density at radius 1 is 1.69 bits per heavy atom. The van der Waals surface area contributed by atoms with Crippen molar-refractivity contribution in [2.24, 2.45) is 12.0 Å². The highest BCUT2D eigenvalue weighted by Crippen LogP contribution is 2.08. The largest absolute Gasteiger partial charge is 0.358 e. The highest BCUT2D eigenvalue weighted by atomic mass is 32.2. The zero-order chi connectivity index (χ0) is 9.10. The molecule has 1 N–H and O–H groups in total. The van der Waals surface area contributed by atoms with E-state index in [2.05, 4.69) is 20.4 Å². The van der Waals surface area contributed by atoms with Crippen molar-refractivity contribution in [1.82, 2.24) is 20.1 Å². The summed E-state index contributed by atoms with van der Waals surface area (Å²) in [4.78, 5) is 8.37. The average molecular weight is 197 g/mol. The van der Waals surface area contributed by atoms with Crippen LogP contribution in [0, 0.1) is 0 Å².